The third kappa shape index (κ3) is 2.26. The quantitative estimate of drug-likeness (QED) is 0.867. The molecule has 2 aromatic rings. The van der Waals surface area contributed by atoms with E-state index in [1.54, 1.807) is 7.11 Å². The molecule has 0 fully saturated rings. The van der Waals surface area contributed by atoms with Crippen LogP contribution < -0.4 is 5.32 Å². The Kier molecular flexibility index (Phi) is 4.47. The zero-order valence-corrected chi connectivity index (χ0v) is 14.3. The molecule has 0 saturated carbocycles. The van der Waals surface area contributed by atoms with E-state index in [1.807, 2.05) is 24.3 Å². The smallest absolute Gasteiger partial charge is 0.0613 e. The van der Waals surface area contributed by atoms with Crippen molar-refractivity contribution in [2.75, 3.05) is 26.8 Å². The van der Waals surface area contributed by atoms with Gasteiger partial charge in [-0.1, -0.05) is 54.4 Å². The maximum absolute atomic E-state index is 6.58. The van der Waals surface area contributed by atoms with Crippen molar-refractivity contribution in [2.45, 2.75) is 12.3 Å². The Morgan fingerprint density at radius 3 is 2.00 bits per heavy atom. The average Bonchev–Trinajstić information content (AvgIpc) is 2.79. The summed E-state index contributed by atoms with van der Waals surface area (Å²) in [5, 5.41) is 4.98. The Balaban J connectivity index is 2.33. The molecule has 0 radical (unpaired) electrons. The minimum Gasteiger partial charge on any atom is -0.383 e. The van der Waals surface area contributed by atoms with Gasteiger partial charge in [-0.15, -0.1) is 0 Å². The highest BCUT2D eigenvalue weighted by atomic mass is 35.5. The molecule has 0 saturated heterocycles. The van der Waals surface area contributed by atoms with Gasteiger partial charge in [0.05, 0.1) is 12.0 Å². The second-order valence-electron chi connectivity index (χ2n) is 5.62. The molecule has 2 aromatic carbocycles. The van der Waals surface area contributed by atoms with E-state index < -0.39 is 0 Å². The van der Waals surface area contributed by atoms with Crippen LogP contribution in [0.2, 0.25) is 10.0 Å². The molecule has 0 spiro atoms. The van der Waals surface area contributed by atoms with Gasteiger partial charge in [-0.3, -0.25) is 0 Å². The van der Waals surface area contributed by atoms with E-state index >= 15 is 0 Å². The predicted octanol–water partition coefficient (Wildman–Crippen LogP) is 4.52. The summed E-state index contributed by atoms with van der Waals surface area (Å²) in [6.45, 7) is 4.25. The molecular weight excluding hydrogens is 317 g/mol. The van der Waals surface area contributed by atoms with Gasteiger partial charge in [0.2, 0.25) is 0 Å². The Labute approximate surface area is 141 Å². The molecule has 1 aliphatic carbocycles. The van der Waals surface area contributed by atoms with Crippen LogP contribution >= 0.6 is 23.2 Å². The Morgan fingerprint density at radius 2 is 1.55 bits per heavy atom. The molecule has 1 N–H and O–H groups in total. The number of rotatable bonds is 5. The maximum atomic E-state index is 6.58. The highest BCUT2D eigenvalue weighted by Crippen LogP contribution is 2.53. The van der Waals surface area contributed by atoms with Gasteiger partial charge in [0.15, 0.2) is 0 Å². The number of hydrogen-bond acceptors (Lipinski definition) is 2. The zero-order valence-electron chi connectivity index (χ0n) is 12.7. The number of hydrogen-bond donors (Lipinski definition) is 1. The van der Waals surface area contributed by atoms with Crippen molar-refractivity contribution in [3.63, 3.8) is 0 Å². The van der Waals surface area contributed by atoms with E-state index in [0.717, 1.165) is 45.4 Å². The lowest BCUT2D eigenvalue weighted by atomic mass is 9.78. The largest absolute Gasteiger partial charge is 0.383 e. The highest BCUT2D eigenvalue weighted by molar-refractivity contribution is 6.34. The van der Waals surface area contributed by atoms with E-state index in [0.29, 0.717) is 6.61 Å². The topological polar surface area (TPSA) is 21.3 Å². The van der Waals surface area contributed by atoms with Crippen molar-refractivity contribution in [2.24, 2.45) is 0 Å². The molecule has 0 amide bonds. The number of ether oxygens (including phenoxy) is 1. The lowest BCUT2D eigenvalue weighted by Gasteiger charge is -2.32. The van der Waals surface area contributed by atoms with Crippen LogP contribution in [0, 0.1) is 0 Å². The van der Waals surface area contributed by atoms with E-state index in [9.17, 15) is 0 Å². The molecule has 0 aromatic heterocycles. The number of halogens is 2. The van der Waals surface area contributed by atoms with Gasteiger partial charge in [-0.25, -0.2) is 0 Å². The van der Waals surface area contributed by atoms with Crippen molar-refractivity contribution < 1.29 is 4.74 Å². The van der Waals surface area contributed by atoms with Crippen LogP contribution in [0.3, 0.4) is 0 Å². The SMILES string of the molecule is CCNCC1(COC)c2c(Cl)cccc2-c2cccc(Cl)c21. The first-order chi connectivity index (χ1) is 10.7. The van der Waals surface area contributed by atoms with Crippen LogP contribution in [-0.2, 0) is 10.2 Å². The summed E-state index contributed by atoms with van der Waals surface area (Å²) in [5.41, 5.74) is 4.18. The second kappa shape index (κ2) is 6.21. The van der Waals surface area contributed by atoms with Crippen LogP contribution in [-0.4, -0.2) is 26.8 Å². The number of benzene rings is 2. The summed E-state index contributed by atoms with van der Waals surface area (Å²) in [6.07, 6.45) is 0. The van der Waals surface area contributed by atoms with Crippen LogP contribution in [0.15, 0.2) is 36.4 Å². The van der Waals surface area contributed by atoms with E-state index in [2.05, 4.69) is 24.4 Å². The molecule has 3 rings (SSSR count). The number of fused-ring (bicyclic) bond motifs is 3. The summed E-state index contributed by atoms with van der Waals surface area (Å²) in [5.74, 6) is 0. The zero-order chi connectivity index (χ0) is 15.7. The van der Waals surface area contributed by atoms with Gasteiger partial charge in [0.25, 0.3) is 0 Å². The molecule has 0 atom stereocenters. The fourth-order valence-electron chi connectivity index (χ4n) is 3.55. The summed E-state index contributed by atoms with van der Waals surface area (Å²) in [4.78, 5) is 0. The maximum Gasteiger partial charge on any atom is 0.0613 e. The van der Waals surface area contributed by atoms with Gasteiger partial charge in [0.1, 0.15) is 0 Å². The van der Waals surface area contributed by atoms with Crippen LogP contribution in [0.4, 0.5) is 0 Å². The molecular formula is C18H19Cl2NO. The molecule has 2 nitrogen and oxygen atoms in total. The predicted molar refractivity (Wildman–Crippen MR) is 93.1 cm³/mol. The molecule has 0 aliphatic heterocycles. The lowest BCUT2D eigenvalue weighted by molar-refractivity contribution is 0.148. The summed E-state index contributed by atoms with van der Waals surface area (Å²) in [7, 11) is 1.72. The minimum absolute atomic E-state index is 0.355. The van der Waals surface area contributed by atoms with Crippen molar-refractivity contribution in [1.29, 1.82) is 0 Å². The fraction of sp³-hybridized carbons (Fsp3) is 0.333. The first kappa shape index (κ1) is 15.8. The van der Waals surface area contributed by atoms with Gasteiger partial charge in [-0.05, 0) is 40.9 Å². The second-order valence-corrected chi connectivity index (χ2v) is 6.43. The van der Waals surface area contributed by atoms with Crippen molar-refractivity contribution in [3.05, 3.63) is 57.6 Å². The van der Waals surface area contributed by atoms with Crippen molar-refractivity contribution in [1.82, 2.24) is 5.32 Å². The summed E-state index contributed by atoms with van der Waals surface area (Å²) < 4.78 is 5.59. The van der Waals surface area contributed by atoms with Gasteiger partial charge in [0, 0.05) is 23.7 Å². The van der Waals surface area contributed by atoms with E-state index in [-0.39, 0.29) is 5.41 Å². The minimum atomic E-state index is -0.355. The van der Waals surface area contributed by atoms with Crippen molar-refractivity contribution >= 4 is 23.2 Å². The molecule has 22 heavy (non-hydrogen) atoms. The standard InChI is InChI=1S/C18H19Cl2NO/c1-3-21-10-18(11-22-2)16-12(6-4-8-14(16)19)13-7-5-9-15(20)17(13)18/h4-9,21H,3,10-11H2,1-2H3. The molecule has 0 bridgehead atoms. The van der Waals surface area contributed by atoms with E-state index in [4.69, 9.17) is 27.9 Å². The fourth-order valence-corrected chi connectivity index (χ4v) is 4.26. The normalized spacial score (nSPS) is 14.7. The summed E-state index contributed by atoms with van der Waals surface area (Å²) >= 11 is 13.2. The first-order valence-corrected chi connectivity index (χ1v) is 8.19. The molecule has 116 valence electrons. The van der Waals surface area contributed by atoms with Crippen LogP contribution in [0.25, 0.3) is 11.1 Å². The van der Waals surface area contributed by atoms with Gasteiger partial charge >= 0.3 is 0 Å². The Morgan fingerprint density at radius 1 is 1.00 bits per heavy atom. The molecule has 0 unspecified atom stereocenters. The number of likely N-dealkylation sites (N-methyl/N-ethyl adjacent to an activating group) is 1. The third-order valence-corrected chi connectivity index (χ3v) is 4.97. The van der Waals surface area contributed by atoms with E-state index in [1.165, 1.54) is 0 Å². The third-order valence-electron chi connectivity index (χ3n) is 4.34. The highest BCUT2D eigenvalue weighted by Gasteiger charge is 2.45. The molecule has 4 heteroatoms. The van der Waals surface area contributed by atoms with Crippen LogP contribution in [0.5, 0.6) is 0 Å². The number of nitrogens with one attached hydrogen (secondary N) is 1. The van der Waals surface area contributed by atoms with Crippen molar-refractivity contribution in [3.8, 4) is 11.1 Å². The Bertz CT molecular complexity index is 648. The van der Waals surface area contributed by atoms with Crippen LogP contribution in [0.1, 0.15) is 18.1 Å². The number of methoxy groups -OCH3 is 1. The Hall–Kier alpha value is -1.06. The molecule has 1 aliphatic rings. The monoisotopic (exact) mass is 335 g/mol. The average molecular weight is 336 g/mol. The first-order valence-electron chi connectivity index (χ1n) is 7.43. The lowest BCUT2D eigenvalue weighted by Crippen LogP contribution is -2.42. The summed E-state index contributed by atoms with van der Waals surface area (Å²) in [6, 6.07) is 12.1. The van der Waals surface area contributed by atoms with Gasteiger partial charge < -0.3 is 10.1 Å². The van der Waals surface area contributed by atoms with Gasteiger partial charge in [-0.2, -0.15) is 0 Å². The molecule has 0 heterocycles.